The van der Waals surface area contributed by atoms with E-state index in [0.717, 1.165) is 0 Å². The molecule has 0 aliphatic carbocycles. The van der Waals surface area contributed by atoms with E-state index in [0.29, 0.717) is 11.3 Å². The van der Waals surface area contributed by atoms with Crippen LogP contribution in [-0.4, -0.2) is 38.0 Å². The van der Waals surface area contributed by atoms with Crippen LogP contribution < -0.4 is 5.32 Å². The smallest absolute Gasteiger partial charge is 0.326 e. The van der Waals surface area contributed by atoms with Gasteiger partial charge in [0.05, 0.1) is 6.33 Å². The molecule has 0 spiro atoms. The van der Waals surface area contributed by atoms with E-state index in [1.165, 1.54) is 18.7 Å². The lowest BCUT2D eigenvalue weighted by molar-refractivity contribution is -0.139. The predicted molar refractivity (Wildman–Crippen MR) is 70.2 cm³/mol. The second kappa shape index (κ2) is 5.96. The first-order valence-corrected chi connectivity index (χ1v) is 6.00. The molecule has 0 saturated carbocycles. The number of carbonyl (C=O) groups is 2. The van der Waals surface area contributed by atoms with E-state index in [1.54, 1.807) is 19.1 Å². The molecule has 2 heterocycles. The van der Waals surface area contributed by atoms with Crippen LogP contribution in [-0.2, 0) is 11.2 Å². The van der Waals surface area contributed by atoms with E-state index < -0.39 is 17.9 Å². The van der Waals surface area contributed by atoms with Gasteiger partial charge in [0.25, 0.3) is 5.91 Å². The van der Waals surface area contributed by atoms with Gasteiger partial charge in [-0.25, -0.2) is 9.78 Å². The number of nitrogens with one attached hydrogen (secondary N) is 2. The molecule has 7 nitrogen and oxygen atoms in total. The summed E-state index contributed by atoms with van der Waals surface area (Å²) < 4.78 is 0. The van der Waals surface area contributed by atoms with Crippen molar-refractivity contribution in [3.8, 4) is 0 Å². The van der Waals surface area contributed by atoms with Gasteiger partial charge in [-0.15, -0.1) is 0 Å². The fraction of sp³-hybridized carbons (Fsp3) is 0.231. The number of aromatic amines is 1. The molecule has 0 aliphatic heterocycles. The predicted octanol–water partition coefficient (Wildman–Crippen LogP) is 0.539. The van der Waals surface area contributed by atoms with Gasteiger partial charge in [-0.1, -0.05) is 6.07 Å². The van der Waals surface area contributed by atoms with E-state index in [2.05, 4.69) is 20.3 Å². The molecular weight excluding hydrogens is 260 g/mol. The lowest BCUT2D eigenvalue weighted by Gasteiger charge is -2.14. The van der Waals surface area contributed by atoms with Crippen LogP contribution in [0.3, 0.4) is 0 Å². The van der Waals surface area contributed by atoms with Crippen molar-refractivity contribution < 1.29 is 14.7 Å². The summed E-state index contributed by atoms with van der Waals surface area (Å²) in [6.45, 7) is 1.74. The molecule has 0 saturated heterocycles. The highest BCUT2D eigenvalue weighted by molar-refractivity contribution is 5.96. The Hall–Kier alpha value is -2.70. The summed E-state index contributed by atoms with van der Waals surface area (Å²) in [4.78, 5) is 33.8. The number of aromatic nitrogens is 3. The number of aliphatic carboxylic acids is 1. The van der Waals surface area contributed by atoms with Gasteiger partial charge in [-0.3, -0.25) is 9.78 Å². The molecule has 2 rings (SSSR count). The van der Waals surface area contributed by atoms with Gasteiger partial charge in [-0.2, -0.15) is 0 Å². The number of nitrogens with zero attached hydrogens (tertiary/aromatic N) is 2. The summed E-state index contributed by atoms with van der Waals surface area (Å²) in [6, 6.07) is 2.42. The Labute approximate surface area is 115 Å². The summed E-state index contributed by atoms with van der Waals surface area (Å²) in [5.74, 6) is -1.61. The van der Waals surface area contributed by atoms with Crippen molar-refractivity contribution in [1.29, 1.82) is 0 Å². The monoisotopic (exact) mass is 274 g/mol. The van der Waals surface area contributed by atoms with Crippen LogP contribution in [0.15, 0.2) is 30.9 Å². The SMILES string of the molecule is Cc1cccnc1C(=O)NC(Cc1cnc[nH]1)C(=O)O. The summed E-state index contributed by atoms with van der Waals surface area (Å²) in [5, 5.41) is 11.6. The molecule has 0 fully saturated rings. The first kappa shape index (κ1) is 13.7. The minimum Gasteiger partial charge on any atom is -0.480 e. The van der Waals surface area contributed by atoms with Crippen LogP contribution in [0.25, 0.3) is 0 Å². The van der Waals surface area contributed by atoms with Crippen molar-refractivity contribution in [3.05, 3.63) is 47.8 Å². The first-order valence-electron chi connectivity index (χ1n) is 6.00. The maximum Gasteiger partial charge on any atom is 0.326 e. The van der Waals surface area contributed by atoms with Crippen molar-refractivity contribution >= 4 is 11.9 Å². The van der Waals surface area contributed by atoms with Crippen LogP contribution in [0, 0.1) is 6.92 Å². The van der Waals surface area contributed by atoms with Gasteiger partial charge in [0, 0.05) is 24.5 Å². The average Bonchev–Trinajstić information content (AvgIpc) is 2.91. The van der Waals surface area contributed by atoms with Gasteiger partial charge in [0.15, 0.2) is 0 Å². The summed E-state index contributed by atoms with van der Waals surface area (Å²) in [7, 11) is 0. The number of rotatable bonds is 5. The molecular formula is C13H14N4O3. The van der Waals surface area contributed by atoms with Crippen LogP contribution >= 0.6 is 0 Å². The molecule has 1 atom stereocenters. The highest BCUT2D eigenvalue weighted by Gasteiger charge is 2.22. The number of carboxylic acids is 1. The number of pyridine rings is 1. The molecule has 7 heteroatoms. The molecule has 0 radical (unpaired) electrons. The minimum atomic E-state index is -1.11. The van der Waals surface area contributed by atoms with Gasteiger partial charge < -0.3 is 15.4 Å². The maximum atomic E-state index is 12.0. The van der Waals surface area contributed by atoms with Crippen LogP contribution in [0.2, 0.25) is 0 Å². The van der Waals surface area contributed by atoms with E-state index in [-0.39, 0.29) is 12.1 Å². The molecule has 1 amide bonds. The Morgan fingerprint density at radius 2 is 2.30 bits per heavy atom. The fourth-order valence-corrected chi connectivity index (χ4v) is 1.77. The van der Waals surface area contributed by atoms with Crippen LogP contribution in [0.5, 0.6) is 0 Å². The minimum absolute atomic E-state index is 0.132. The summed E-state index contributed by atoms with van der Waals surface area (Å²) in [6.07, 6.45) is 4.60. The zero-order valence-corrected chi connectivity index (χ0v) is 10.8. The zero-order valence-electron chi connectivity index (χ0n) is 10.8. The van der Waals surface area contributed by atoms with Crippen molar-refractivity contribution in [2.45, 2.75) is 19.4 Å². The molecule has 3 N–H and O–H groups in total. The third kappa shape index (κ3) is 3.19. The van der Waals surface area contributed by atoms with E-state index >= 15 is 0 Å². The van der Waals surface area contributed by atoms with E-state index in [1.807, 2.05) is 0 Å². The molecule has 1 unspecified atom stereocenters. The Balaban J connectivity index is 2.10. The maximum absolute atomic E-state index is 12.0. The number of amides is 1. The quantitative estimate of drug-likeness (QED) is 0.737. The molecule has 0 aliphatic rings. The Morgan fingerprint density at radius 3 is 2.90 bits per heavy atom. The summed E-state index contributed by atoms with van der Waals surface area (Å²) in [5.41, 5.74) is 1.55. The standard InChI is InChI=1S/C13H14N4O3/c1-8-3-2-4-15-11(8)12(18)17-10(13(19)20)5-9-6-14-7-16-9/h2-4,6-7,10H,5H2,1H3,(H,14,16)(H,17,18)(H,19,20). The van der Waals surface area contributed by atoms with Crippen molar-refractivity contribution in [1.82, 2.24) is 20.3 Å². The van der Waals surface area contributed by atoms with Crippen molar-refractivity contribution in [2.75, 3.05) is 0 Å². The third-order valence-electron chi connectivity index (χ3n) is 2.81. The third-order valence-corrected chi connectivity index (χ3v) is 2.81. The molecule has 0 aromatic carbocycles. The number of carbonyl (C=O) groups excluding carboxylic acids is 1. The number of hydrogen-bond donors (Lipinski definition) is 3. The second-order valence-corrected chi connectivity index (χ2v) is 4.31. The highest BCUT2D eigenvalue weighted by Crippen LogP contribution is 2.05. The number of carboxylic acid groups (broad SMARTS) is 1. The number of aryl methyl sites for hydroxylation is 1. The molecule has 2 aromatic rings. The Kier molecular flexibility index (Phi) is 4.09. The largest absolute Gasteiger partial charge is 0.480 e. The van der Waals surface area contributed by atoms with Crippen molar-refractivity contribution in [3.63, 3.8) is 0 Å². The Morgan fingerprint density at radius 1 is 1.50 bits per heavy atom. The zero-order chi connectivity index (χ0) is 14.5. The van der Waals surface area contributed by atoms with Crippen molar-refractivity contribution in [2.24, 2.45) is 0 Å². The van der Waals surface area contributed by atoms with E-state index in [9.17, 15) is 9.59 Å². The van der Waals surface area contributed by atoms with Gasteiger partial charge in [0.2, 0.25) is 0 Å². The topological polar surface area (TPSA) is 108 Å². The molecule has 2 aromatic heterocycles. The Bertz CT molecular complexity index is 610. The lowest BCUT2D eigenvalue weighted by atomic mass is 10.1. The number of hydrogen-bond acceptors (Lipinski definition) is 4. The molecule has 0 bridgehead atoms. The van der Waals surface area contributed by atoms with Gasteiger partial charge in [-0.05, 0) is 18.6 Å². The lowest BCUT2D eigenvalue weighted by Crippen LogP contribution is -2.42. The second-order valence-electron chi connectivity index (χ2n) is 4.31. The highest BCUT2D eigenvalue weighted by atomic mass is 16.4. The first-order chi connectivity index (χ1) is 9.58. The van der Waals surface area contributed by atoms with Crippen LogP contribution in [0.4, 0.5) is 0 Å². The van der Waals surface area contributed by atoms with Gasteiger partial charge in [0.1, 0.15) is 11.7 Å². The van der Waals surface area contributed by atoms with E-state index in [4.69, 9.17) is 5.11 Å². The van der Waals surface area contributed by atoms with Crippen LogP contribution in [0.1, 0.15) is 21.7 Å². The normalized spacial score (nSPS) is 11.8. The fourth-order valence-electron chi connectivity index (χ4n) is 1.77. The summed E-state index contributed by atoms with van der Waals surface area (Å²) >= 11 is 0. The molecule has 104 valence electrons. The number of imidazole rings is 1. The average molecular weight is 274 g/mol. The van der Waals surface area contributed by atoms with Gasteiger partial charge >= 0.3 is 5.97 Å². The number of H-pyrrole nitrogens is 1. The molecule has 20 heavy (non-hydrogen) atoms.